The van der Waals surface area contributed by atoms with Crippen LogP contribution in [0.3, 0.4) is 0 Å². The van der Waals surface area contributed by atoms with Crippen LogP contribution in [0, 0.1) is 0 Å². The molecule has 1 aromatic heterocycles. The number of carbonyl (C=O) groups excluding carboxylic acids is 3. The van der Waals surface area contributed by atoms with Gasteiger partial charge in [-0.3, -0.25) is 19.7 Å². The van der Waals surface area contributed by atoms with Crippen LogP contribution in [0.5, 0.6) is 0 Å². The number of hydrogen-bond acceptors (Lipinski definition) is 7. The second-order valence-corrected chi connectivity index (χ2v) is 9.94. The maximum atomic E-state index is 13.1. The van der Waals surface area contributed by atoms with Crippen LogP contribution in [-0.2, 0) is 14.3 Å². The SMILES string of the molecule is CC(C)(C)OC(=O)N1CCN(c2ccc3c(=O)n(C4CCC(=O)NC4=O)nc(Br)c3c2)CC1. The first-order valence-electron chi connectivity index (χ1n) is 10.8. The molecule has 2 aromatic rings. The minimum atomic E-state index is -0.823. The molecule has 4 rings (SSSR count). The minimum absolute atomic E-state index is 0.161. The van der Waals surface area contributed by atoms with E-state index in [0.29, 0.717) is 41.6 Å². The number of hydrogen-bond donors (Lipinski definition) is 1. The number of aromatic nitrogens is 2. The fraction of sp³-hybridized carbons (Fsp3) is 0.500. The number of ether oxygens (including phenoxy) is 1. The van der Waals surface area contributed by atoms with Crippen LogP contribution in [0.25, 0.3) is 10.8 Å². The third-order valence-corrected chi connectivity index (χ3v) is 6.25. The molecule has 1 atom stereocenters. The first kappa shape index (κ1) is 23.2. The summed E-state index contributed by atoms with van der Waals surface area (Å²) in [6.45, 7) is 7.85. The van der Waals surface area contributed by atoms with E-state index in [1.54, 1.807) is 11.0 Å². The zero-order valence-corrected chi connectivity index (χ0v) is 20.3. The third-order valence-electron chi connectivity index (χ3n) is 5.66. The first-order valence-corrected chi connectivity index (χ1v) is 11.6. The lowest BCUT2D eigenvalue weighted by molar-refractivity contribution is -0.136. The van der Waals surface area contributed by atoms with E-state index in [0.717, 1.165) is 10.4 Å². The van der Waals surface area contributed by atoms with Gasteiger partial charge in [0.1, 0.15) is 16.2 Å². The number of benzene rings is 1. The van der Waals surface area contributed by atoms with Gasteiger partial charge in [-0.1, -0.05) is 0 Å². The molecule has 176 valence electrons. The van der Waals surface area contributed by atoms with Crippen molar-refractivity contribution in [2.75, 3.05) is 31.1 Å². The van der Waals surface area contributed by atoms with Gasteiger partial charge in [-0.25, -0.2) is 9.48 Å². The number of halogens is 1. The highest BCUT2D eigenvalue weighted by molar-refractivity contribution is 9.10. The van der Waals surface area contributed by atoms with Gasteiger partial charge in [0.15, 0.2) is 0 Å². The summed E-state index contributed by atoms with van der Waals surface area (Å²) in [6.07, 6.45) is 0.0748. The molecule has 0 spiro atoms. The van der Waals surface area contributed by atoms with Crippen LogP contribution in [0.4, 0.5) is 10.5 Å². The Balaban J connectivity index is 1.54. The number of anilines is 1. The van der Waals surface area contributed by atoms with Crippen molar-refractivity contribution in [1.29, 1.82) is 0 Å². The Morgan fingerprint density at radius 2 is 1.82 bits per heavy atom. The van der Waals surface area contributed by atoms with E-state index in [1.165, 1.54) is 0 Å². The van der Waals surface area contributed by atoms with Crippen molar-refractivity contribution in [2.24, 2.45) is 0 Å². The smallest absolute Gasteiger partial charge is 0.410 e. The lowest BCUT2D eigenvalue weighted by Crippen LogP contribution is -2.50. The number of amides is 3. The van der Waals surface area contributed by atoms with Gasteiger partial charge in [0.2, 0.25) is 5.91 Å². The fourth-order valence-electron chi connectivity index (χ4n) is 4.00. The summed E-state index contributed by atoms with van der Waals surface area (Å²) in [7, 11) is 0. The Morgan fingerprint density at radius 3 is 2.45 bits per heavy atom. The number of nitrogens with zero attached hydrogens (tertiary/aromatic N) is 4. The Kier molecular flexibility index (Phi) is 6.17. The molecule has 2 saturated heterocycles. The largest absolute Gasteiger partial charge is 0.444 e. The minimum Gasteiger partial charge on any atom is -0.444 e. The van der Waals surface area contributed by atoms with E-state index in [2.05, 4.69) is 31.2 Å². The first-order chi connectivity index (χ1) is 15.5. The van der Waals surface area contributed by atoms with Gasteiger partial charge in [0, 0.05) is 43.7 Å². The Labute approximate surface area is 199 Å². The van der Waals surface area contributed by atoms with Gasteiger partial charge < -0.3 is 14.5 Å². The number of rotatable bonds is 2. The topological polar surface area (TPSA) is 114 Å². The standard InChI is InChI=1S/C22H26BrN5O5/c1-22(2,3)33-21(32)27-10-8-26(9-11-27)13-4-5-14-15(12-13)18(23)25-28(20(14)31)16-6-7-17(29)24-19(16)30/h4-5,12,16H,6-11H2,1-3H3,(H,24,29,30). The van der Waals surface area contributed by atoms with E-state index >= 15 is 0 Å². The molecule has 0 aliphatic carbocycles. The molecule has 11 heteroatoms. The van der Waals surface area contributed by atoms with E-state index < -0.39 is 17.6 Å². The number of piperidine rings is 1. The second kappa shape index (κ2) is 8.77. The van der Waals surface area contributed by atoms with Crippen molar-refractivity contribution < 1.29 is 19.1 Å². The quantitative estimate of drug-likeness (QED) is 0.604. The molecule has 10 nitrogen and oxygen atoms in total. The zero-order valence-electron chi connectivity index (χ0n) is 18.8. The molecular weight excluding hydrogens is 494 g/mol. The molecule has 1 aromatic carbocycles. The summed E-state index contributed by atoms with van der Waals surface area (Å²) in [5.74, 6) is -0.868. The number of nitrogens with one attached hydrogen (secondary N) is 1. The van der Waals surface area contributed by atoms with Crippen molar-refractivity contribution in [3.8, 4) is 0 Å². The van der Waals surface area contributed by atoms with Crippen molar-refractivity contribution in [1.82, 2.24) is 20.0 Å². The predicted octanol–water partition coefficient (Wildman–Crippen LogP) is 2.19. The Hall–Kier alpha value is -2.95. The molecule has 2 aliphatic heterocycles. The molecule has 2 aliphatic rings. The lowest BCUT2D eigenvalue weighted by Gasteiger charge is -2.36. The van der Waals surface area contributed by atoms with Crippen molar-refractivity contribution in [3.05, 3.63) is 33.2 Å². The molecule has 0 saturated carbocycles. The highest BCUT2D eigenvalue weighted by Crippen LogP contribution is 2.27. The van der Waals surface area contributed by atoms with Crippen molar-refractivity contribution in [3.63, 3.8) is 0 Å². The number of imide groups is 1. The Bertz CT molecular complexity index is 1180. The average molecular weight is 520 g/mol. The molecule has 33 heavy (non-hydrogen) atoms. The maximum Gasteiger partial charge on any atom is 0.410 e. The van der Waals surface area contributed by atoms with Gasteiger partial charge in [-0.05, 0) is 61.3 Å². The maximum absolute atomic E-state index is 13.1. The molecule has 0 radical (unpaired) electrons. The summed E-state index contributed by atoms with van der Waals surface area (Å²) in [6, 6.07) is 4.64. The monoisotopic (exact) mass is 519 g/mol. The van der Waals surface area contributed by atoms with E-state index in [9.17, 15) is 19.2 Å². The van der Waals surface area contributed by atoms with Gasteiger partial charge in [0.25, 0.3) is 11.5 Å². The van der Waals surface area contributed by atoms with Crippen LogP contribution in [-0.4, -0.2) is 64.4 Å². The van der Waals surface area contributed by atoms with Gasteiger partial charge >= 0.3 is 6.09 Å². The Morgan fingerprint density at radius 1 is 1.12 bits per heavy atom. The van der Waals surface area contributed by atoms with Crippen LogP contribution in [0.2, 0.25) is 0 Å². The van der Waals surface area contributed by atoms with Crippen molar-refractivity contribution in [2.45, 2.75) is 45.3 Å². The van der Waals surface area contributed by atoms with E-state index in [-0.39, 0.29) is 30.4 Å². The predicted molar refractivity (Wildman–Crippen MR) is 125 cm³/mol. The van der Waals surface area contributed by atoms with Gasteiger partial charge in [-0.15, -0.1) is 0 Å². The number of carbonyl (C=O) groups is 3. The summed E-state index contributed by atoms with van der Waals surface area (Å²) >= 11 is 3.44. The molecule has 1 unspecified atom stereocenters. The van der Waals surface area contributed by atoms with Gasteiger partial charge in [0.05, 0.1) is 5.39 Å². The van der Waals surface area contributed by atoms with Crippen LogP contribution < -0.4 is 15.8 Å². The highest BCUT2D eigenvalue weighted by Gasteiger charge is 2.31. The fourth-order valence-corrected chi connectivity index (χ4v) is 4.50. The summed E-state index contributed by atoms with van der Waals surface area (Å²) < 4.78 is 7.04. The summed E-state index contributed by atoms with van der Waals surface area (Å²) in [4.78, 5) is 52.9. The van der Waals surface area contributed by atoms with Crippen molar-refractivity contribution >= 4 is 50.3 Å². The van der Waals surface area contributed by atoms with Crippen LogP contribution in [0.1, 0.15) is 39.7 Å². The number of piperazine rings is 1. The summed E-state index contributed by atoms with van der Waals surface area (Å²) in [5.41, 5.74) is -0.0111. The molecule has 2 fully saturated rings. The van der Waals surface area contributed by atoms with E-state index in [1.807, 2.05) is 32.9 Å². The van der Waals surface area contributed by atoms with Crippen LogP contribution >= 0.6 is 15.9 Å². The average Bonchev–Trinajstić information content (AvgIpc) is 2.75. The second-order valence-electron chi connectivity index (χ2n) is 9.19. The zero-order chi connectivity index (χ0) is 23.9. The normalized spacial score (nSPS) is 19.6. The third kappa shape index (κ3) is 4.87. The summed E-state index contributed by atoms with van der Waals surface area (Å²) in [5, 5.41) is 7.64. The molecule has 0 bridgehead atoms. The van der Waals surface area contributed by atoms with Gasteiger partial charge in [-0.2, -0.15) is 5.10 Å². The molecular formula is C22H26BrN5O5. The lowest BCUT2D eigenvalue weighted by atomic mass is 10.1. The molecule has 3 amide bonds. The number of fused-ring (bicyclic) bond motifs is 1. The molecule has 1 N–H and O–H groups in total. The highest BCUT2D eigenvalue weighted by atomic mass is 79.9. The van der Waals surface area contributed by atoms with E-state index in [4.69, 9.17) is 4.74 Å². The molecule has 3 heterocycles. The van der Waals surface area contributed by atoms with Crippen LogP contribution in [0.15, 0.2) is 27.6 Å².